The van der Waals surface area contributed by atoms with E-state index in [0.717, 1.165) is 24.3 Å². The largest absolute Gasteiger partial charge is 0.494 e. The number of benzene rings is 2. The van der Waals surface area contributed by atoms with Gasteiger partial charge < -0.3 is 15.2 Å². The molecule has 0 unspecified atom stereocenters. The minimum absolute atomic E-state index is 0.0525. The van der Waals surface area contributed by atoms with Gasteiger partial charge in [0.15, 0.2) is 0 Å². The number of hydrogen-bond donors (Lipinski definition) is 2. The van der Waals surface area contributed by atoms with Gasteiger partial charge in [-0.25, -0.2) is 0 Å². The highest BCUT2D eigenvalue weighted by Gasteiger charge is 1.99. The number of hydrogen-bond acceptors (Lipinski definition) is 3. The van der Waals surface area contributed by atoms with Gasteiger partial charge in [0.05, 0.1) is 13.2 Å². The predicted octanol–water partition coefficient (Wildman–Crippen LogP) is 3.21. The lowest BCUT2D eigenvalue weighted by atomic mass is 10.2. The Morgan fingerprint density at radius 2 is 1.48 bits per heavy atom. The van der Waals surface area contributed by atoms with E-state index < -0.39 is 0 Å². The Kier molecular flexibility index (Phi) is 5.64. The Labute approximate surface area is 125 Å². The van der Waals surface area contributed by atoms with Crippen LogP contribution in [0.1, 0.15) is 18.4 Å². The second-order valence-electron chi connectivity index (χ2n) is 4.66. The molecule has 0 radical (unpaired) electrons. The van der Waals surface area contributed by atoms with Crippen LogP contribution in [0.25, 0.3) is 0 Å². The zero-order valence-corrected chi connectivity index (χ0v) is 11.9. The topological polar surface area (TPSA) is 68.3 Å². The number of unbranched alkanes of at least 4 members (excludes halogenated alkanes) is 1. The van der Waals surface area contributed by atoms with E-state index in [1.807, 2.05) is 42.5 Å². The summed E-state index contributed by atoms with van der Waals surface area (Å²) >= 11 is 0. The molecular weight excluding hydrogens is 264 g/mol. The van der Waals surface area contributed by atoms with E-state index >= 15 is 0 Å². The smallest absolute Gasteiger partial charge is 0.122 e. The van der Waals surface area contributed by atoms with E-state index in [1.54, 1.807) is 12.1 Å². The van der Waals surface area contributed by atoms with Crippen LogP contribution in [-0.2, 0) is 0 Å². The average Bonchev–Trinajstić information content (AvgIpc) is 2.52. The molecule has 0 amide bonds. The van der Waals surface area contributed by atoms with E-state index in [-0.39, 0.29) is 5.84 Å². The molecule has 0 atom stereocenters. The predicted molar refractivity (Wildman–Crippen MR) is 84.1 cm³/mol. The molecule has 0 heterocycles. The van der Waals surface area contributed by atoms with E-state index in [1.165, 1.54) is 0 Å². The van der Waals surface area contributed by atoms with Crippen molar-refractivity contribution in [2.24, 2.45) is 5.73 Å². The monoisotopic (exact) mass is 284 g/mol. The molecule has 2 aromatic rings. The maximum absolute atomic E-state index is 7.39. The Bertz CT molecular complexity index is 570. The van der Waals surface area contributed by atoms with Gasteiger partial charge in [-0.3, -0.25) is 5.41 Å². The first-order valence-electron chi connectivity index (χ1n) is 7.01. The maximum atomic E-state index is 7.39. The third-order valence-electron chi connectivity index (χ3n) is 2.96. The molecule has 2 aromatic carbocycles. The average molecular weight is 284 g/mol. The van der Waals surface area contributed by atoms with Crippen LogP contribution in [0.4, 0.5) is 0 Å². The number of nitrogens with two attached hydrogens (primary N) is 1. The fraction of sp³-hybridized carbons (Fsp3) is 0.235. The molecule has 2 rings (SSSR count). The third-order valence-corrected chi connectivity index (χ3v) is 2.96. The SMILES string of the molecule is N=C(N)c1cccc(OCCCCOc2ccccc2)c1. The molecule has 0 aliphatic rings. The Hall–Kier alpha value is -2.49. The number of ether oxygens (including phenoxy) is 2. The van der Waals surface area contributed by atoms with E-state index in [0.29, 0.717) is 18.8 Å². The van der Waals surface area contributed by atoms with Crippen LogP contribution in [0.5, 0.6) is 11.5 Å². The van der Waals surface area contributed by atoms with Crippen molar-refractivity contribution >= 4 is 5.84 Å². The first-order valence-corrected chi connectivity index (χ1v) is 7.01. The number of nitrogens with one attached hydrogen (secondary N) is 1. The van der Waals surface area contributed by atoms with Crippen molar-refractivity contribution in [3.8, 4) is 11.5 Å². The number of rotatable bonds is 8. The highest BCUT2D eigenvalue weighted by molar-refractivity contribution is 5.95. The second-order valence-corrected chi connectivity index (χ2v) is 4.66. The summed E-state index contributed by atoms with van der Waals surface area (Å²) in [6.45, 7) is 1.31. The fourth-order valence-corrected chi connectivity index (χ4v) is 1.85. The summed E-state index contributed by atoms with van der Waals surface area (Å²) < 4.78 is 11.2. The highest BCUT2D eigenvalue weighted by atomic mass is 16.5. The Morgan fingerprint density at radius 3 is 2.14 bits per heavy atom. The van der Waals surface area contributed by atoms with Gasteiger partial charge in [-0.1, -0.05) is 30.3 Å². The van der Waals surface area contributed by atoms with Gasteiger partial charge in [-0.2, -0.15) is 0 Å². The zero-order chi connectivity index (χ0) is 14.9. The molecule has 3 N–H and O–H groups in total. The standard InChI is InChI=1S/C17H20N2O2/c18-17(19)14-7-6-10-16(13-14)21-12-5-4-11-20-15-8-2-1-3-9-15/h1-3,6-10,13H,4-5,11-12H2,(H3,18,19). The molecule has 0 aliphatic carbocycles. The van der Waals surface area contributed by atoms with Crippen LogP contribution in [0.15, 0.2) is 54.6 Å². The van der Waals surface area contributed by atoms with E-state index in [4.69, 9.17) is 20.6 Å². The summed E-state index contributed by atoms with van der Waals surface area (Å²) in [4.78, 5) is 0. The number of amidine groups is 1. The molecule has 0 saturated carbocycles. The lowest BCUT2D eigenvalue weighted by Gasteiger charge is -2.08. The van der Waals surface area contributed by atoms with Crippen LogP contribution >= 0.6 is 0 Å². The normalized spacial score (nSPS) is 10.1. The summed E-state index contributed by atoms with van der Waals surface area (Å²) in [5.74, 6) is 1.69. The molecule has 110 valence electrons. The molecule has 21 heavy (non-hydrogen) atoms. The van der Waals surface area contributed by atoms with E-state index in [9.17, 15) is 0 Å². The molecule has 0 aromatic heterocycles. The summed E-state index contributed by atoms with van der Waals surface area (Å²) in [6.07, 6.45) is 1.85. The highest BCUT2D eigenvalue weighted by Crippen LogP contribution is 2.13. The van der Waals surface area contributed by atoms with Gasteiger partial charge in [0.2, 0.25) is 0 Å². The van der Waals surface area contributed by atoms with Gasteiger partial charge in [0, 0.05) is 5.56 Å². The van der Waals surface area contributed by atoms with E-state index in [2.05, 4.69) is 0 Å². The van der Waals surface area contributed by atoms with Crippen LogP contribution in [0.2, 0.25) is 0 Å². The van der Waals surface area contributed by atoms with Crippen LogP contribution < -0.4 is 15.2 Å². The van der Waals surface area contributed by atoms with Gasteiger partial charge in [-0.15, -0.1) is 0 Å². The van der Waals surface area contributed by atoms with Gasteiger partial charge in [0.25, 0.3) is 0 Å². The molecule has 0 spiro atoms. The quantitative estimate of drug-likeness (QED) is 0.444. The minimum Gasteiger partial charge on any atom is -0.494 e. The van der Waals surface area contributed by atoms with Crippen molar-refractivity contribution in [1.29, 1.82) is 5.41 Å². The lowest BCUT2D eigenvalue weighted by molar-refractivity contribution is 0.266. The minimum atomic E-state index is 0.0525. The molecule has 0 bridgehead atoms. The van der Waals surface area contributed by atoms with Gasteiger partial charge in [-0.05, 0) is 37.1 Å². The summed E-state index contributed by atoms with van der Waals surface area (Å²) in [6, 6.07) is 17.1. The fourth-order valence-electron chi connectivity index (χ4n) is 1.85. The first kappa shape index (κ1) is 14.9. The summed E-state index contributed by atoms with van der Waals surface area (Å²) in [5, 5.41) is 7.39. The lowest BCUT2D eigenvalue weighted by Crippen LogP contribution is -2.11. The second kappa shape index (κ2) is 7.94. The zero-order valence-electron chi connectivity index (χ0n) is 11.9. The van der Waals surface area contributed by atoms with Crippen LogP contribution in [-0.4, -0.2) is 19.0 Å². The van der Waals surface area contributed by atoms with Crippen molar-refractivity contribution in [1.82, 2.24) is 0 Å². The molecule has 0 saturated heterocycles. The van der Waals surface area contributed by atoms with Crippen molar-refractivity contribution in [2.45, 2.75) is 12.8 Å². The molecular formula is C17H20N2O2. The number of nitrogen functional groups attached to an aromatic ring is 1. The van der Waals surface area contributed by atoms with Crippen molar-refractivity contribution in [3.63, 3.8) is 0 Å². The van der Waals surface area contributed by atoms with Crippen molar-refractivity contribution in [2.75, 3.05) is 13.2 Å². The molecule has 0 fully saturated rings. The van der Waals surface area contributed by atoms with Crippen LogP contribution in [0, 0.1) is 5.41 Å². The Balaban J connectivity index is 1.64. The molecule has 4 heteroatoms. The van der Waals surface area contributed by atoms with Crippen LogP contribution in [0.3, 0.4) is 0 Å². The summed E-state index contributed by atoms with van der Waals surface area (Å²) in [5.41, 5.74) is 6.12. The summed E-state index contributed by atoms with van der Waals surface area (Å²) in [7, 11) is 0. The van der Waals surface area contributed by atoms with Crippen molar-refractivity contribution in [3.05, 3.63) is 60.2 Å². The van der Waals surface area contributed by atoms with Gasteiger partial charge >= 0.3 is 0 Å². The molecule has 4 nitrogen and oxygen atoms in total. The van der Waals surface area contributed by atoms with Crippen molar-refractivity contribution < 1.29 is 9.47 Å². The Morgan fingerprint density at radius 1 is 0.857 bits per heavy atom. The first-order chi connectivity index (χ1) is 10.3. The molecule has 0 aliphatic heterocycles. The number of para-hydroxylation sites is 1. The van der Waals surface area contributed by atoms with Gasteiger partial charge in [0.1, 0.15) is 17.3 Å². The third kappa shape index (κ3) is 5.18. The maximum Gasteiger partial charge on any atom is 0.122 e.